The number of hydrogen-bond donors (Lipinski definition) is 2. The Labute approximate surface area is 213 Å². The van der Waals surface area contributed by atoms with E-state index in [4.69, 9.17) is 4.74 Å². The SMILES string of the molecule is CCNC(=NCCC(C)c1ccc(OC)cc1)NCCN1C(=O)C2C3C=CC(C3)C2C1=O.I. The van der Waals surface area contributed by atoms with Crippen LogP contribution in [0.25, 0.3) is 0 Å². The van der Waals surface area contributed by atoms with Crippen molar-refractivity contribution in [1.29, 1.82) is 0 Å². The third-order valence-corrected chi connectivity index (χ3v) is 7.05. The minimum Gasteiger partial charge on any atom is -0.497 e. The second-order valence-corrected chi connectivity index (χ2v) is 8.98. The Hall–Kier alpha value is -2.10. The number of aliphatic imine (C=N–C) groups is 1. The van der Waals surface area contributed by atoms with Crippen LogP contribution in [0.3, 0.4) is 0 Å². The second-order valence-electron chi connectivity index (χ2n) is 8.98. The molecule has 0 radical (unpaired) electrons. The van der Waals surface area contributed by atoms with Gasteiger partial charge in [0.15, 0.2) is 5.96 Å². The first kappa shape index (κ1) is 25.5. The molecular weight excluding hydrogens is 531 g/mol. The van der Waals surface area contributed by atoms with Crippen molar-refractivity contribution in [3.63, 3.8) is 0 Å². The molecule has 1 saturated heterocycles. The zero-order chi connectivity index (χ0) is 22.7. The minimum absolute atomic E-state index is 0. The van der Waals surface area contributed by atoms with Crippen LogP contribution in [0, 0.1) is 23.7 Å². The first-order valence-corrected chi connectivity index (χ1v) is 11.7. The summed E-state index contributed by atoms with van der Waals surface area (Å²) in [6.45, 7) is 6.54. The van der Waals surface area contributed by atoms with Crippen LogP contribution < -0.4 is 15.4 Å². The lowest BCUT2D eigenvalue weighted by Gasteiger charge is -2.19. The number of nitrogens with one attached hydrogen (secondary N) is 2. The summed E-state index contributed by atoms with van der Waals surface area (Å²) in [6.07, 6.45) is 6.14. The molecule has 3 aliphatic rings. The van der Waals surface area contributed by atoms with Gasteiger partial charge in [-0.05, 0) is 55.2 Å². The Kier molecular flexibility index (Phi) is 8.78. The Bertz CT molecular complexity index is 871. The molecule has 1 aliphatic heterocycles. The van der Waals surface area contributed by atoms with E-state index < -0.39 is 0 Å². The van der Waals surface area contributed by atoms with Crippen molar-refractivity contribution >= 4 is 41.8 Å². The van der Waals surface area contributed by atoms with E-state index in [1.807, 2.05) is 19.1 Å². The van der Waals surface area contributed by atoms with Gasteiger partial charge in [0.1, 0.15) is 5.75 Å². The van der Waals surface area contributed by atoms with Gasteiger partial charge in [-0.1, -0.05) is 31.2 Å². The third kappa shape index (κ3) is 5.36. The number of guanidine groups is 1. The van der Waals surface area contributed by atoms with Gasteiger partial charge in [0, 0.05) is 26.2 Å². The Morgan fingerprint density at radius 1 is 1.12 bits per heavy atom. The van der Waals surface area contributed by atoms with Crippen LogP contribution in [0.15, 0.2) is 41.4 Å². The van der Waals surface area contributed by atoms with E-state index >= 15 is 0 Å². The molecular formula is C25H35IN4O3. The van der Waals surface area contributed by atoms with E-state index in [0.29, 0.717) is 25.6 Å². The quantitative estimate of drug-likeness (QED) is 0.158. The lowest BCUT2D eigenvalue weighted by atomic mass is 9.85. The molecule has 1 heterocycles. The monoisotopic (exact) mass is 566 g/mol. The molecule has 5 unspecified atom stereocenters. The van der Waals surface area contributed by atoms with Crippen LogP contribution >= 0.6 is 24.0 Å². The van der Waals surface area contributed by atoms with Crippen molar-refractivity contribution in [1.82, 2.24) is 15.5 Å². The molecule has 8 heteroatoms. The van der Waals surface area contributed by atoms with Crippen LogP contribution in [0.5, 0.6) is 5.75 Å². The number of hydrogen-bond acceptors (Lipinski definition) is 4. The van der Waals surface area contributed by atoms with Crippen LogP contribution in [0.4, 0.5) is 0 Å². The maximum atomic E-state index is 12.8. The summed E-state index contributed by atoms with van der Waals surface area (Å²) in [5.41, 5.74) is 1.26. The van der Waals surface area contributed by atoms with E-state index in [1.54, 1.807) is 7.11 Å². The van der Waals surface area contributed by atoms with E-state index in [9.17, 15) is 9.59 Å². The molecule has 180 valence electrons. The third-order valence-electron chi connectivity index (χ3n) is 7.05. The van der Waals surface area contributed by atoms with Crippen molar-refractivity contribution in [2.45, 2.75) is 32.6 Å². The summed E-state index contributed by atoms with van der Waals surface area (Å²) in [7, 11) is 1.67. The zero-order valence-corrected chi connectivity index (χ0v) is 22.0. The van der Waals surface area contributed by atoms with E-state index in [0.717, 1.165) is 31.1 Å². The van der Waals surface area contributed by atoms with Crippen molar-refractivity contribution in [3.05, 3.63) is 42.0 Å². The topological polar surface area (TPSA) is 83.0 Å². The van der Waals surface area contributed by atoms with Crippen molar-refractivity contribution in [2.24, 2.45) is 28.7 Å². The average Bonchev–Trinajstić information content (AvgIpc) is 3.49. The van der Waals surface area contributed by atoms with Gasteiger partial charge in [-0.25, -0.2) is 0 Å². The standard InChI is InChI=1S/C25H34N4O3.HI/c1-4-26-25(27-12-11-16(2)17-7-9-20(32-3)10-8-17)28-13-14-29-23(30)21-18-5-6-19(15-18)22(21)24(29)31;/h5-10,16,18-19,21-22H,4,11-15H2,1-3H3,(H2,26,27,28);1H. The zero-order valence-electron chi connectivity index (χ0n) is 19.6. The smallest absolute Gasteiger partial charge is 0.233 e. The summed E-state index contributed by atoms with van der Waals surface area (Å²) < 4.78 is 5.22. The number of fused-ring (bicyclic) bond motifs is 5. The molecule has 0 aromatic heterocycles. The van der Waals surface area contributed by atoms with Crippen LogP contribution in [0.2, 0.25) is 0 Å². The van der Waals surface area contributed by atoms with Crippen LogP contribution in [-0.2, 0) is 9.59 Å². The molecule has 1 saturated carbocycles. The van der Waals surface area contributed by atoms with Crippen LogP contribution in [-0.4, -0.2) is 56.0 Å². The fraction of sp³-hybridized carbons (Fsp3) is 0.560. The molecule has 1 aromatic rings. The van der Waals surface area contributed by atoms with E-state index in [2.05, 4.69) is 46.8 Å². The number of amides is 2. The van der Waals surface area contributed by atoms with Gasteiger partial charge in [0.05, 0.1) is 18.9 Å². The number of halogens is 1. The Morgan fingerprint density at radius 3 is 2.33 bits per heavy atom. The van der Waals surface area contributed by atoms with Crippen molar-refractivity contribution < 1.29 is 14.3 Å². The lowest BCUT2D eigenvalue weighted by molar-refractivity contribution is -0.140. The molecule has 2 bridgehead atoms. The molecule has 4 rings (SSSR count). The summed E-state index contributed by atoms with van der Waals surface area (Å²) in [6, 6.07) is 8.16. The highest BCUT2D eigenvalue weighted by Gasteiger charge is 2.58. The van der Waals surface area contributed by atoms with Gasteiger partial charge in [-0.2, -0.15) is 0 Å². The predicted octanol–water partition coefficient (Wildman–Crippen LogP) is 3.17. The van der Waals surface area contributed by atoms with Gasteiger partial charge in [-0.3, -0.25) is 19.5 Å². The van der Waals surface area contributed by atoms with E-state index in [-0.39, 0.29) is 59.5 Å². The molecule has 2 amide bonds. The number of benzene rings is 1. The number of allylic oxidation sites excluding steroid dienone is 2. The lowest BCUT2D eigenvalue weighted by Crippen LogP contribution is -2.43. The fourth-order valence-corrected chi connectivity index (χ4v) is 5.28. The van der Waals surface area contributed by atoms with Gasteiger partial charge in [-0.15, -0.1) is 24.0 Å². The minimum atomic E-state index is -0.126. The number of imide groups is 1. The number of rotatable bonds is 9. The molecule has 7 nitrogen and oxygen atoms in total. The highest BCUT2D eigenvalue weighted by atomic mass is 127. The molecule has 5 atom stereocenters. The summed E-state index contributed by atoms with van der Waals surface area (Å²) >= 11 is 0. The molecule has 0 spiro atoms. The molecule has 1 aromatic carbocycles. The predicted molar refractivity (Wildman–Crippen MR) is 140 cm³/mol. The number of methoxy groups -OCH3 is 1. The Balaban J connectivity index is 0.00000306. The Morgan fingerprint density at radius 2 is 1.76 bits per heavy atom. The van der Waals surface area contributed by atoms with E-state index in [1.165, 1.54) is 10.5 Å². The van der Waals surface area contributed by atoms with Gasteiger partial charge < -0.3 is 15.4 Å². The highest BCUT2D eigenvalue weighted by Crippen LogP contribution is 2.52. The maximum Gasteiger partial charge on any atom is 0.233 e. The van der Waals surface area contributed by atoms with Crippen molar-refractivity contribution in [3.8, 4) is 5.75 Å². The largest absolute Gasteiger partial charge is 0.497 e. The van der Waals surface area contributed by atoms with Gasteiger partial charge in [0.25, 0.3) is 0 Å². The molecule has 2 fully saturated rings. The summed E-state index contributed by atoms with van der Waals surface area (Å²) in [4.78, 5) is 31.7. The number of ether oxygens (including phenoxy) is 1. The molecule has 33 heavy (non-hydrogen) atoms. The van der Waals surface area contributed by atoms with Crippen LogP contribution in [0.1, 0.15) is 38.2 Å². The second kappa shape index (κ2) is 11.4. The van der Waals surface area contributed by atoms with Crippen molar-refractivity contribution in [2.75, 3.05) is 33.3 Å². The maximum absolute atomic E-state index is 12.8. The first-order valence-electron chi connectivity index (χ1n) is 11.7. The number of carbonyl (C=O) groups excluding carboxylic acids is 2. The average molecular weight is 566 g/mol. The molecule has 2 aliphatic carbocycles. The number of carbonyl (C=O) groups is 2. The van der Waals surface area contributed by atoms with Gasteiger partial charge in [0.2, 0.25) is 11.8 Å². The number of nitrogens with zero attached hydrogens (tertiary/aromatic N) is 2. The summed E-state index contributed by atoms with van der Waals surface area (Å²) in [5, 5.41) is 6.53. The first-order chi connectivity index (χ1) is 15.5. The summed E-state index contributed by atoms with van der Waals surface area (Å²) in [5.74, 6) is 2.24. The van der Waals surface area contributed by atoms with Gasteiger partial charge >= 0.3 is 0 Å². The highest BCUT2D eigenvalue weighted by molar-refractivity contribution is 14.0. The molecule has 2 N–H and O–H groups in total. The normalized spacial score (nSPS) is 26.3. The fourth-order valence-electron chi connectivity index (χ4n) is 5.28. The number of likely N-dealkylation sites (tertiary alicyclic amines) is 1.